The first kappa shape index (κ1) is 11.9. The number of aromatic amines is 2. The van der Waals surface area contributed by atoms with Gasteiger partial charge in [-0.1, -0.05) is 0 Å². The van der Waals surface area contributed by atoms with Crippen molar-refractivity contribution in [1.29, 1.82) is 0 Å². The SMILES string of the molecule is O=C(O)c1cc(-c2n[nH]c3ccc([N+](=O)[O-])cc23)c[nH]1. The van der Waals surface area contributed by atoms with Gasteiger partial charge in [0.1, 0.15) is 11.4 Å². The predicted molar refractivity (Wildman–Crippen MR) is 69.5 cm³/mol. The second-order valence-electron chi connectivity index (χ2n) is 4.17. The van der Waals surface area contributed by atoms with Crippen LogP contribution in [-0.4, -0.2) is 31.2 Å². The van der Waals surface area contributed by atoms with Gasteiger partial charge in [-0.25, -0.2) is 4.79 Å². The quantitative estimate of drug-likeness (QED) is 0.497. The number of hydrogen-bond acceptors (Lipinski definition) is 4. The lowest BCUT2D eigenvalue weighted by Crippen LogP contribution is -1.94. The Morgan fingerprint density at radius 2 is 2.15 bits per heavy atom. The van der Waals surface area contributed by atoms with Crippen LogP contribution in [0.3, 0.4) is 0 Å². The van der Waals surface area contributed by atoms with Crippen LogP contribution < -0.4 is 0 Å². The number of carboxylic acid groups (broad SMARTS) is 1. The predicted octanol–water partition coefficient (Wildman–Crippen LogP) is 2.16. The van der Waals surface area contributed by atoms with E-state index in [9.17, 15) is 14.9 Å². The number of hydrogen-bond donors (Lipinski definition) is 3. The molecule has 0 bridgehead atoms. The zero-order valence-electron chi connectivity index (χ0n) is 9.95. The van der Waals surface area contributed by atoms with Gasteiger partial charge < -0.3 is 10.1 Å². The molecule has 0 saturated carbocycles. The number of rotatable bonds is 3. The molecule has 0 aliphatic rings. The number of aromatic carboxylic acids is 1. The maximum Gasteiger partial charge on any atom is 0.352 e. The van der Waals surface area contributed by atoms with Gasteiger partial charge in [-0.15, -0.1) is 0 Å². The van der Waals surface area contributed by atoms with Crippen LogP contribution in [0.25, 0.3) is 22.2 Å². The van der Waals surface area contributed by atoms with E-state index in [1.54, 1.807) is 6.07 Å². The minimum atomic E-state index is -1.08. The second-order valence-corrected chi connectivity index (χ2v) is 4.17. The number of fused-ring (bicyclic) bond motifs is 1. The Balaban J connectivity index is 2.17. The zero-order chi connectivity index (χ0) is 14.3. The Morgan fingerprint density at radius 3 is 2.80 bits per heavy atom. The van der Waals surface area contributed by atoms with Crippen LogP contribution in [-0.2, 0) is 0 Å². The molecule has 0 atom stereocenters. The van der Waals surface area contributed by atoms with E-state index >= 15 is 0 Å². The minimum absolute atomic E-state index is 0.0292. The van der Waals surface area contributed by atoms with Crippen LogP contribution in [0.15, 0.2) is 30.5 Å². The Morgan fingerprint density at radius 1 is 1.35 bits per heavy atom. The number of H-pyrrole nitrogens is 2. The maximum absolute atomic E-state index is 10.8. The molecule has 0 amide bonds. The summed E-state index contributed by atoms with van der Waals surface area (Å²) in [6, 6.07) is 5.78. The topological polar surface area (TPSA) is 125 Å². The summed E-state index contributed by atoms with van der Waals surface area (Å²) in [5.41, 5.74) is 1.64. The number of benzene rings is 1. The number of nitrogens with zero attached hydrogens (tertiary/aromatic N) is 2. The fourth-order valence-electron chi connectivity index (χ4n) is 1.99. The summed E-state index contributed by atoms with van der Waals surface area (Å²) in [5.74, 6) is -1.08. The Labute approximate surface area is 111 Å². The van der Waals surface area contributed by atoms with Crippen molar-refractivity contribution < 1.29 is 14.8 Å². The van der Waals surface area contributed by atoms with Crippen molar-refractivity contribution in [1.82, 2.24) is 15.2 Å². The van der Waals surface area contributed by atoms with Gasteiger partial charge in [0.05, 0.1) is 10.4 Å². The molecule has 0 radical (unpaired) electrons. The standard InChI is InChI=1S/C12H8N4O4/c17-12(18)10-3-6(5-13-10)11-8-4-7(16(19)20)1-2-9(8)14-15-11/h1-5,13H,(H,14,15)(H,17,18). The first-order valence-corrected chi connectivity index (χ1v) is 5.61. The summed E-state index contributed by atoms with van der Waals surface area (Å²) >= 11 is 0. The lowest BCUT2D eigenvalue weighted by Gasteiger charge is -1.94. The largest absolute Gasteiger partial charge is 0.477 e. The lowest BCUT2D eigenvalue weighted by atomic mass is 10.1. The van der Waals surface area contributed by atoms with Crippen LogP contribution in [0.4, 0.5) is 5.69 Å². The van der Waals surface area contributed by atoms with E-state index in [1.165, 1.54) is 24.4 Å². The third-order valence-corrected chi connectivity index (χ3v) is 2.94. The highest BCUT2D eigenvalue weighted by Gasteiger charge is 2.15. The summed E-state index contributed by atoms with van der Waals surface area (Å²) in [7, 11) is 0. The van der Waals surface area contributed by atoms with Gasteiger partial charge in [0.2, 0.25) is 0 Å². The first-order chi connectivity index (χ1) is 9.56. The van der Waals surface area contributed by atoms with E-state index < -0.39 is 10.9 Å². The van der Waals surface area contributed by atoms with Crippen molar-refractivity contribution in [3.63, 3.8) is 0 Å². The van der Waals surface area contributed by atoms with Crippen molar-refractivity contribution >= 4 is 22.6 Å². The summed E-state index contributed by atoms with van der Waals surface area (Å²) < 4.78 is 0. The number of aromatic nitrogens is 3. The molecule has 2 aromatic heterocycles. The molecule has 0 aliphatic carbocycles. The second kappa shape index (κ2) is 4.19. The minimum Gasteiger partial charge on any atom is -0.477 e. The van der Waals surface area contributed by atoms with Gasteiger partial charge in [-0.05, 0) is 12.1 Å². The number of nitro groups is 1. The molecule has 8 heteroatoms. The molecule has 2 heterocycles. The highest BCUT2D eigenvalue weighted by molar-refractivity contribution is 5.96. The Kier molecular flexibility index (Phi) is 2.50. The van der Waals surface area contributed by atoms with E-state index in [0.29, 0.717) is 22.2 Å². The number of carboxylic acids is 1. The zero-order valence-corrected chi connectivity index (χ0v) is 9.95. The number of carbonyl (C=O) groups is 1. The molecule has 0 aliphatic heterocycles. The van der Waals surface area contributed by atoms with Crippen LogP contribution in [0.2, 0.25) is 0 Å². The van der Waals surface area contributed by atoms with Crippen LogP contribution in [0, 0.1) is 10.1 Å². The summed E-state index contributed by atoms with van der Waals surface area (Å²) in [4.78, 5) is 23.8. The van der Waals surface area contributed by atoms with Crippen LogP contribution in [0.5, 0.6) is 0 Å². The van der Waals surface area contributed by atoms with Crippen molar-refractivity contribution in [2.75, 3.05) is 0 Å². The van der Waals surface area contributed by atoms with Gasteiger partial charge in [0.25, 0.3) is 5.69 Å². The smallest absolute Gasteiger partial charge is 0.352 e. The van der Waals surface area contributed by atoms with Crippen molar-refractivity contribution in [2.24, 2.45) is 0 Å². The highest BCUT2D eigenvalue weighted by atomic mass is 16.6. The highest BCUT2D eigenvalue weighted by Crippen LogP contribution is 2.29. The number of nitro benzene ring substituents is 1. The first-order valence-electron chi connectivity index (χ1n) is 5.61. The van der Waals surface area contributed by atoms with Gasteiger partial charge >= 0.3 is 5.97 Å². The van der Waals surface area contributed by atoms with E-state index in [2.05, 4.69) is 15.2 Å². The fraction of sp³-hybridized carbons (Fsp3) is 0. The van der Waals surface area contributed by atoms with Crippen molar-refractivity contribution in [3.8, 4) is 11.3 Å². The fourth-order valence-corrected chi connectivity index (χ4v) is 1.99. The van der Waals surface area contributed by atoms with Crippen LogP contribution >= 0.6 is 0 Å². The normalized spacial score (nSPS) is 10.8. The molecule has 100 valence electrons. The molecule has 20 heavy (non-hydrogen) atoms. The summed E-state index contributed by atoms with van der Waals surface area (Å²) in [6.07, 6.45) is 1.50. The van der Waals surface area contributed by atoms with E-state index in [-0.39, 0.29) is 11.4 Å². The van der Waals surface area contributed by atoms with Gasteiger partial charge in [-0.3, -0.25) is 15.2 Å². The van der Waals surface area contributed by atoms with E-state index in [0.717, 1.165) is 0 Å². The van der Waals surface area contributed by atoms with E-state index in [4.69, 9.17) is 5.11 Å². The van der Waals surface area contributed by atoms with Gasteiger partial charge in [0.15, 0.2) is 0 Å². The third-order valence-electron chi connectivity index (χ3n) is 2.94. The Bertz CT molecular complexity index is 833. The molecule has 3 N–H and O–H groups in total. The summed E-state index contributed by atoms with van der Waals surface area (Å²) in [6.45, 7) is 0. The molecule has 8 nitrogen and oxygen atoms in total. The molecule has 3 rings (SSSR count). The van der Waals surface area contributed by atoms with Crippen molar-refractivity contribution in [2.45, 2.75) is 0 Å². The van der Waals surface area contributed by atoms with Crippen LogP contribution in [0.1, 0.15) is 10.5 Å². The third kappa shape index (κ3) is 1.79. The molecular weight excluding hydrogens is 264 g/mol. The molecule has 0 spiro atoms. The van der Waals surface area contributed by atoms with Crippen molar-refractivity contribution in [3.05, 3.63) is 46.3 Å². The van der Waals surface area contributed by atoms with Gasteiger partial charge in [0, 0.05) is 29.3 Å². The average Bonchev–Trinajstić information content (AvgIpc) is 3.03. The van der Waals surface area contributed by atoms with E-state index in [1.807, 2.05) is 0 Å². The lowest BCUT2D eigenvalue weighted by molar-refractivity contribution is -0.384. The monoisotopic (exact) mass is 272 g/mol. The molecule has 3 aromatic rings. The molecule has 1 aromatic carbocycles. The molecule has 0 fully saturated rings. The molecular formula is C12H8N4O4. The molecule has 0 unspecified atom stereocenters. The average molecular weight is 272 g/mol. The maximum atomic E-state index is 10.8. The Hall–Kier alpha value is -3.16. The summed E-state index contributed by atoms with van der Waals surface area (Å²) in [5, 5.41) is 27.1. The van der Waals surface area contributed by atoms with Gasteiger partial charge in [-0.2, -0.15) is 5.10 Å². The molecule has 0 saturated heterocycles. The number of non-ortho nitro benzene ring substituents is 1. The number of nitrogens with one attached hydrogen (secondary N) is 2.